The van der Waals surface area contributed by atoms with E-state index in [4.69, 9.17) is 18.9 Å². The maximum Gasteiger partial charge on any atom is 0.357 e. The van der Waals surface area contributed by atoms with E-state index in [9.17, 15) is 24.6 Å². The van der Waals surface area contributed by atoms with E-state index in [1.54, 1.807) is 43.5 Å². The summed E-state index contributed by atoms with van der Waals surface area (Å²) in [6, 6.07) is 12.5. The summed E-state index contributed by atoms with van der Waals surface area (Å²) in [5.74, 6) is -0.413. The van der Waals surface area contributed by atoms with E-state index < -0.39 is 47.2 Å². The fraction of sp³-hybridized carbons (Fsp3) is 0.485. The van der Waals surface area contributed by atoms with Gasteiger partial charge in [-0.25, -0.2) is 4.79 Å². The number of rotatable bonds is 9. The van der Waals surface area contributed by atoms with Gasteiger partial charge in [-0.1, -0.05) is 43.3 Å². The molecule has 4 aliphatic rings. The van der Waals surface area contributed by atoms with Crippen LogP contribution in [0.1, 0.15) is 62.3 Å². The van der Waals surface area contributed by atoms with Crippen molar-refractivity contribution in [2.24, 2.45) is 11.8 Å². The molecule has 1 amide bonds. The molecule has 3 aliphatic carbocycles. The summed E-state index contributed by atoms with van der Waals surface area (Å²) < 4.78 is 23.9. The van der Waals surface area contributed by atoms with Crippen LogP contribution in [0.4, 0.5) is 0 Å². The molecule has 2 aromatic rings. The lowest BCUT2D eigenvalue weighted by Gasteiger charge is -2.61. The number of ether oxygens (including phenoxy) is 4. The van der Waals surface area contributed by atoms with E-state index >= 15 is 0 Å². The van der Waals surface area contributed by atoms with Crippen molar-refractivity contribution in [1.82, 2.24) is 5.32 Å². The Morgan fingerprint density at radius 1 is 1.16 bits per heavy atom. The topological polar surface area (TPSA) is 141 Å². The Morgan fingerprint density at radius 3 is 2.65 bits per heavy atom. The van der Waals surface area contributed by atoms with Crippen molar-refractivity contribution in [3.63, 3.8) is 0 Å². The standard InChI is InChI=1S/C33H37NO9/c1-18-11-14-32-26-21-9-10-23(40-3)28(26)43-29(32)24(12-15-33(32,39)22(18)17-21)41-31(38)27(20-7-5-4-6-8-20)42-25(36)13-16-34-30(37)19(2)35/h4-10,12,18-19,22,27,29,35,39H,11,13-17H2,1-3H3,(H,34,37)/t18?,19-,22-,27-,29-,32-,33+/m0/s1. The Morgan fingerprint density at radius 2 is 1.93 bits per heavy atom. The van der Waals surface area contributed by atoms with Gasteiger partial charge in [0.2, 0.25) is 12.0 Å². The third-order valence-electron chi connectivity index (χ3n) is 9.73. The van der Waals surface area contributed by atoms with E-state index in [-0.39, 0.29) is 24.6 Å². The smallest absolute Gasteiger partial charge is 0.357 e. The highest BCUT2D eigenvalue weighted by atomic mass is 16.6. The Kier molecular flexibility index (Phi) is 7.46. The molecule has 1 saturated carbocycles. The summed E-state index contributed by atoms with van der Waals surface area (Å²) in [6.45, 7) is 3.44. The number of benzene rings is 2. The van der Waals surface area contributed by atoms with E-state index in [1.165, 1.54) is 6.92 Å². The van der Waals surface area contributed by atoms with E-state index in [2.05, 4.69) is 12.2 Å². The zero-order valence-corrected chi connectivity index (χ0v) is 24.5. The predicted molar refractivity (Wildman–Crippen MR) is 153 cm³/mol. The maximum absolute atomic E-state index is 13.8. The van der Waals surface area contributed by atoms with Gasteiger partial charge in [-0.2, -0.15) is 0 Å². The fourth-order valence-corrected chi connectivity index (χ4v) is 7.64. The van der Waals surface area contributed by atoms with Crippen LogP contribution in [0.3, 0.4) is 0 Å². The van der Waals surface area contributed by atoms with E-state index in [0.29, 0.717) is 35.8 Å². The number of nitrogens with one attached hydrogen (secondary N) is 1. The Labute approximate surface area is 250 Å². The summed E-state index contributed by atoms with van der Waals surface area (Å²) in [6.07, 6.45) is 0.743. The van der Waals surface area contributed by atoms with Crippen LogP contribution < -0.4 is 14.8 Å². The van der Waals surface area contributed by atoms with Crippen LogP contribution in [0.5, 0.6) is 11.5 Å². The first-order valence-corrected chi connectivity index (χ1v) is 14.8. The van der Waals surface area contributed by atoms with Gasteiger partial charge in [-0.05, 0) is 62.1 Å². The second kappa shape index (κ2) is 11.0. The van der Waals surface area contributed by atoms with Gasteiger partial charge in [-0.15, -0.1) is 0 Å². The van der Waals surface area contributed by atoms with Crippen LogP contribution in [0.2, 0.25) is 0 Å². The van der Waals surface area contributed by atoms with Gasteiger partial charge in [0.05, 0.1) is 24.5 Å². The van der Waals surface area contributed by atoms with Crippen molar-refractivity contribution < 1.29 is 43.5 Å². The van der Waals surface area contributed by atoms with Crippen LogP contribution >= 0.6 is 0 Å². The molecule has 0 saturated heterocycles. The lowest BCUT2D eigenvalue weighted by molar-refractivity contribution is -0.177. The molecule has 7 atom stereocenters. The van der Waals surface area contributed by atoms with Crippen LogP contribution in [0.15, 0.2) is 54.3 Å². The highest BCUT2D eigenvalue weighted by Gasteiger charge is 2.72. The van der Waals surface area contributed by atoms with Crippen molar-refractivity contribution >= 4 is 17.8 Å². The van der Waals surface area contributed by atoms with Crippen molar-refractivity contribution in [1.29, 1.82) is 0 Å². The molecule has 3 N–H and O–H groups in total. The SMILES string of the molecule is COc1ccc2c3c1O[C@H]1C(OC(=O)[C@@H](OC(=O)CCNC(=O)[C@H](C)O)c4ccccc4)=CC[C@@]4(O)[C@@H](C2)C(C)CC[C@]314. The number of aliphatic hydroxyl groups is 2. The number of methoxy groups -OCH3 is 1. The van der Waals surface area contributed by atoms with Crippen LogP contribution in [-0.2, 0) is 35.7 Å². The molecule has 10 nitrogen and oxygen atoms in total. The van der Waals surface area contributed by atoms with Gasteiger partial charge in [0.25, 0.3) is 0 Å². The minimum absolute atomic E-state index is 0.0139. The molecule has 2 aromatic carbocycles. The molecule has 2 bridgehead atoms. The molecular formula is C33H37NO9. The number of carbonyl (C=O) groups excluding carboxylic acids is 3. The van der Waals surface area contributed by atoms with Gasteiger partial charge in [-0.3, -0.25) is 9.59 Å². The zero-order valence-electron chi connectivity index (χ0n) is 24.5. The molecule has 1 fully saturated rings. The molecule has 1 heterocycles. The summed E-state index contributed by atoms with van der Waals surface area (Å²) >= 11 is 0. The summed E-state index contributed by atoms with van der Waals surface area (Å²) in [5.41, 5.74) is 0.578. The van der Waals surface area contributed by atoms with Gasteiger partial charge in [0, 0.05) is 17.7 Å². The minimum atomic E-state index is -1.38. The van der Waals surface area contributed by atoms with Gasteiger partial charge >= 0.3 is 11.9 Å². The highest BCUT2D eigenvalue weighted by molar-refractivity contribution is 5.83. The maximum atomic E-state index is 13.8. The average Bonchev–Trinajstić information content (AvgIpc) is 3.35. The molecular weight excluding hydrogens is 554 g/mol. The second-order valence-corrected chi connectivity index (χ2v) is 12.1. The molecule has 1 unspecified atom stereocenters. The molecule has 1 aliphatic heterocycles. The van der Waals surface area contributed by atoms with Crippen molar-refractivity contribution in [2.75, 3.05) is 13.7 Å². The number of hydrogen-bond donors (Lipinski definition) is 3. The highest BCUT2D eigenvalue weighted by Crippen LogP contribution is 2.68. The van der Waals surface area contributed by atoms with Crippen molar-refractivity contribution in [3.05, 3.63) is 71.0 Å². The number of aliphatic hydroxyl groups excluding tert-OH is 1. The first-order chi connectivity index (χ1) is 20.6. The first-order valence-electron chi connectivity index (χ1n) is 14.8. The molecule has 0 radical (unpaired) electrons. The third kappa shape index (κ3) is 4.58. The summed E-state index contributed by atoms with van der Waals surface area (Å²) in [7, 11) is 1.58. The Balaban J connectivity index is 1.29. The molecule has 228 valence electrons. The quantitative estimate of drug-likeness (QED) is 0.375. The normalized spacial score (nSPS) is 29.2. The van der Waals surface area contributed by atoms with Gasteiger partial charge < -0.3 is 34.5 Å². The number of amides is 1. The minimum Gasteiger partial charge on any atom is -0.493 e. The largest absolute Gasteiger partial charge is 0.493 e. The Bertz CT molecular complexity index is 1470. The molecule has 6 rings (SSSR count). The molecule has 43 heavy (non-hydrogen) atoms. The van der Waals surface area contributed by atoms with Crippen LogP contribution in [0, 0.1) is 11.8 Å². The number of hydrogen-bond acceptors (Lipinski definition) is 9. The first kappa shape index (κ1) is 29.2. The monoisotopic (exact) mass is 591 g/mol. The zero-order chi connectivity index (χ0) is 30.5. The van der Waals surface area contributed by atoms with Crippen molar-refractivity contribution in [2.45, 2.75) is 75.3 Å². The molecule has 0 aromatic heterocycles. The lowest BCUT2D eigenvalue weighted by atomic mass is 9.45. The average molecular weight is 592 g/mol. The summed E-state index contributed by atoms with van der Waals surface area (Å²) in [5, 5.41) is 24.2. The van der Waals surface area contributed by atoms with Crippen LogP contribution in [-0.4, -0.2) is 59.5 Å². The van der Waals surface area contributed by atoms with Gasteiger partial charge in [0.15, 0.2) is 17.6 Å². The van der Waals surface area contributed by atoms with E-state index in [0.717, 1.165) is 24.0 Å². The number of carbonyl (C=O) groups is 3. The number of esters is 2. The van der Waals surface area contributed by atoms with Crippen molar-refractivity contribution in [3.8, 4) is 11.5 Å². The molecule has 1 spiro atoms. The molecule has 10 heteroatoms. The van der Waals surface area contributed by atoms with Gasteiger partial charge in [0.1, 0.15) is 11.9 Å². The van der Waals surface area contributed by atoms with Crippen LogP contribution in [0.25, 0.3) is 0 Å². The van der Waals surface area contributed by atoms with E-state index in [1.807, 2.05) is 12.1 Å². The third-order valence-corrected chi connectivity index (χ3v) is 9.73. The Hall–Kier alpha value is -3.89. The predicted octanol–water partition coefficient (Wildman–Crippen LogP) is 3.03. The second-order valence-electron chi connectivity index (χ2n) is 12.1. The summed E-state index contributed by atoms with van der Waals surface area (Å²) in [4.78, 5) is 38.2. The fourth-order valence-electron chi connectivity index (χ4n) is 7.64. The lowest BCUT2D eigenvalue weighted by Crippen LogP contribution is -2.69.